The molecule has 0 rings (SSSR count). The number of allylic oxidation sites excluding steroid dienone is 12. The molecule has 0 saturated carbocycles. The molecule has 6 nitrogen and oxygen atoms in total. The van der Waals surface area contributed by atoms with Gasteiger partial charge in [-0.3, -0.25) is 14.4 Å². The van der Waals surface area contributed by atoms with E-state index in [1.54, 1.807) is 0 Å². The standard InChI is InChI=1S/C75H134O6/c1-4-7-10-13-16-19-22-25-28-30-32-33-34-35-36-37-38-39-40-41-43-44-47-50-53-56-59-62-65-68-74(77)80-71-72(70-79-73(76)67-64-61-58-55-52-49-46-27-24-21-18-15-12-9-6-3)81-75(78)69-66-63-60-57-54-51-48-45-42-31-29-26-23-20-17-14-11-8-5-2/h9,12,17-18,20-21,26-27,29,42,45-46,72H,4-8,10-11,13-16,19,22-25,28,30-41,43-44,47-71H2,1-3H3/b12-9-,20-17-,21-18-,29-26-,45-42-,46-27-. The van der Waals surface area contributed by atoms with Gasteiger partial charge in [0.05, 0.1) is 0 Å². The molecular weight excluding hydrogens is 997 g/mol. The fraction of sp³-hybridized carbons (Fsp3) is 0.800. The van der Waals surface area contributed by atoms with Crippen LogP contribution in [0.5, 0.6) is 0 Å². The van der Waals surface area contributed by atoms with Crippen molar-refractivity contribution in [2.24, 2.45) is 0 Å². The van der Waals surface area contributed by atoms with Crippen molar-refractivity contribution in [3.05, 3.63) is 72.9 Å². The Hall–Kier alpha value is -3.15. The van der Waals surface area contributed by atoms with Gasteiger partial charge in [-0.1, -0.05) is 331 Å². The van der Waals surface area contributed by atoms with Crippen LogP contribution in [0.25, 0.3) is 0 Å². The van der Waals surface area contributed by atoms with E-state index in [0.29, 0.717) is 19.3 Å². The number of carbonyl (C=O) groups excluding carboxylic acids is 3. The van der Waals surface area contributed by atoms with E-state index in [9.17, 15) is 14.4 Å². The Morgan fingerprint density at radius 1 is 0.259 bits per heavy atom. The molecule has 0 radical (unpaired) electrons. The molecule has 0 aromatic heterocycles. The second-order valence-electron chi connectivity index (χ2n) is 23.8. The topological polar surface area (TPSA) is 78.9 Å². The van der Waals surface area contributed by atoms with Crippen molar-refractivity contribution >= 4 is 17.9 Å². The highest BCUT2D eigenvalue weighted by atomic mass is 16.6. The van der Waals surface area contributed by atoms with E-state index in [0.717, 1.165) is 122 Å². The van der Waals surface area contributed by atoms with E-state index in [4.69, 9.17) is 14.2 Å². The fourth-order valence-electron chi connectivity index (χ4n) is 10.4. The number of esters is 3. The van der Waals surface area contributed by atoms with Crippen LogP contribution in [-0.2, 0) is 28.6 Å². The van der Waals surface area contributed by atoms with Gasteiger partial charge in [0.25, 0.3) is 0 Å². The number of ether oxygens (including phenoxy) is 3. The molecule has 0 aliphatic rings. The van der Waals surface area contributed by atoms with Crippen molar-refractivity contribution in [2.45, 2.75) is 374 Å². The van der Waals surface area contributed by atoms with Crippen molar-refractivity contribution in [1.82, 2.24) is 0 Å². The molecule has 0 aromatic carbocycles. The molecular formula is C75H134O6. The fourth-order valence-corrected chi connectivity index (χ4v) is 10.4. The third-order valence-corrected chi connectivity index (χ3v) is 15.7. The van der Waals surface area contributed by atoms with Gasteiger partial charge in [0, 0.05) is 19.3 Å². The van der Waals surface area contributed by atoms with E-state index >= 15 is 0 Å². The predicted octanol–water partition coefficient (Wildman–Crippen LogP) is 24.4. The Balaban J connectivity index is 4.25. The quantitative estimate of drug-likeness (QED) is 0.0261. The van der Waals surface area contributed by atoms with Crippen LogP contribution >= 0.6 is 0 Å². The van der Waals surface area contributed by atoms with Crippen LogP contribution in [-0.4, -0.2) is 37.2 Å². The van der Waals surface area contributed by atoms with Crippen LogP contribution < -0.4 is 0 Å². The zero-order chi connectivity index (χ0) is 58.5. The summed E-state index contributed by atoms with van der Waals surface area (Å²) in [5.74, 6) is -0.895. The average Bonchev–Trinajstić information content (AvgIpc) is 3.47. The number of carbonyl (C=O) groups is 3. The minimum atomic E-state index is -0.791. The van der Waals surface area contributed by atoms with Crippen LogP contribution in [0, 0.1) is 0 Å². The number of hydrogen-bond donors (Lipinski definition) is 0. The maximum Gasteiger partial charge on any atom is 0.306 e. The van der Waals surface area contributed by atoms with Gasteiger partial charge < -0.3 is 14.2 Å². The van der Waals surface area contributed by atoms with Gasteiger partial charge in [-0.05, 0) is 89.9 Å². The Morgan fingerprint density at radius 2 is 0.481 bits per heavy atom. The van der Waals surface area contributed by atoms with Crippen molar-refractivity contribution in [3.63, 3.8) is 0 Å². The SMILES string of the molecule is CC/C=C\C/C=C\C/C=C\CCCCCCCC(=O)OCC(COC(=O)CCCCCCCCCCCCCCCCCCCCCCCCCCCCCCC)OC(=O)CCCCCCCC/C=C\C/C=C\C/C=C\CCCCC. The lowest BCUT2D eigenvalue weighted by molar-refractivity contribution is -0.167. The minimum absolute atomic E-state index is 0.0836. The van der Waals surface area contributed by atoms with E-state index in [-0.39, 0.29) is 31.1 Å². The molecule has 1 unspecified atom stereocenters. The zero-order valence-electron chi connectivity index (χ0n) is 54.1. The van der Waals surface area contributed by atoms with Gasteiger partial charge in [0.1, 0.15) is 13.2 Å². The first-order valence-corrected chi connectivity index (χ1v) is 35.4. The van der Waals surface area contributed by atoms with Crippen molar-refractivity contribution in [3.8, 4) is 0 Å². The molecule has 0 aliphatic heterocycles. The second-order valence-corrected chi connectivity index (χ2v) is 23.8. The van der Waals surface area contributed by atoms with Gasteiger partial charge in [0.15, 0.2) is 6.10 Å². The second kappa shape index (κ2) is 69.3. The average molecular weight is 1130 g/mol. The lowest BCUT2D eigenvalue weighted by Crippen LogP contribution is -2.30. The van der Waals surface area contributed by atoms with E-state index in [2.05, 4.69) is 93.7 Å². The summed E-state index contributed by atoms with van der Waals surface area (Å²) in [4.78, 5) is 38.4. The number of hydrogen-bond acceptors (Lipinski definition) is 6. The monoisotopic (exact) mass is 1130 g/mol. The van der Waals surface area contributed by atoms with Crippen molar-refractivity contribution in [2.75, 3.05) is 13.2 Å². The maximum absolute atomic E-state index is 12.9. The van der Waals surface area contributed by atoms with E-state index < -0.39 is 6.10 Å². The van der Waals surface area contributed by atoms with Crippen LogP contribution in [0.4, 0.5) is 0 Å². The highest BCUT2D eigenvalue weighted by Gasteiger charge is 2.19. The summed E-state index contributed by atoms with van der Waals surface area (Å²) < 4.78 is 17.0. The number of rotatable bonds is 65. The molecule has 0 fully saturated rings. The molecule has 1 atom stereocenters. The number of unbranched alkanes of at least 4 members (excludes halogenated alkanes) is 42. The molecule has 0 aromatic rings. The molecule has 0 N–H and O–H groups in total. The normalized spacial score (nSPS) is 12.5. The summed E-state index contributed by atoms with van der Waals surface area (Å²) >= 11 is 0. The largest absolute Gasteiger partial charge is 0.462 e. The van der Waals surface area contributed by atoms with E-state index in [1.807, 2.05) is 0 Å². The Kier molecular flexibility index (Phi) is 66.6. The van der Waals surface area contributed by atoms with Gasteiger partial charge in [0.2, 0.25) is 0 Å². The maximum atomic E-state index is 12.9. The molecule has 470 valence electrons. The van der Waals surface area contributed by atoms with E-state index in [1.165, 1.54) is 205 Å². The Morgan fingerprint density at radius 3 is 0.778 bits per heavy atom. The summed E-state index contributed by atoms with van der Waals surface area (Å²) in [6.45, 7) is 6.53. The lowest BCUT2D eigenvalue weighted by atomic mass is 10.0. The summed E-state index contributed by atoms with van der Waals surface area (Å²) in [6.07, 6.45) is 90.8. The first-order chi connectivity index (χ1) is 40.0. The molecule has 0 heterocycles. The highest BCUT2D eigenvalue weighted by molar-refractivity contribution is 5.71. The Bertz CT molecular complexity index is 1490. The Labute approximate surface area is 503 Å². The molecule has 0 aliphatic carbocycles. The lowest BCUT2D eigenvalue weighted by Gasteiger charge is -2.18. The molecule has 81 heavy (non-hydrogen) atoms. The molecule has 6 heteroatoms. The third-order valence-electron chi connectivity index (χ3n) is 15.7. The van der Waals surface area contributed by atoms with Crippen LogP contribution in [0.2, 0.25) is 0 Å². The third kappa shape index (κ3) is 67.5. The van der Waals surface area contributed by atoms with Crippen LogP contribution in [0.1, 0.15) is 367 Å². The molecule has 0 bridgehead atoms. The highest BCUT2D eigenvalue weighted by Crippen LogP contribution is 2.18. The van der Waals surface area contributed by atoms with Gasteiger partial charge in [-0.25, -0.2) is 0 Å². The summed E-state index contributed by atoms with van der Waals surface area (Å²) in [5.41, 5.74) is 0. The van der Waals surface area contributed by atoms with Crippen molar-refractivity contribution < 1.29 is 28.6 Å². The first-order valence-electron chi connectivity index (χ1n) is 35.4. The first kappa shape index (κ1) is 77.9. The minimum Gasteiger partial charge on any atom is -0.462 e. The summed E-state index contributed by atoms with van der Waals surface area (Å²) in [5, 5.41) is 0. The smallest absolute Gasteiger partial charge is 0.306 e. The molecule has 0 spiro atoms. The predicted molar refractivity (Wildman–Crippen MR) is 353 cm³/mol. The van der Waals surface area contributed by atoms with Gasteiger partial charge in [-0.2, -0.15) is 0 Å². The molecule has 0 saturated heterocycles. The van der Waals surface area contributed by atoms with Crippen molar-refractivity contribution in [1.29, 1.82) is 0 Å². The summed E-state index contributed by atoms with van der Waals surface area (Å²) in [7, 11) is 0. The molecule has 0 amide bonds. The van der Waals surface area contributed by atoms with Gasteiger partial charge >= 0.3 is 17.9 Å². The van der Waals surface area contributed by atoms with Gasteiger partial charge in [-0.15, -0.1) is 0 Å². The van der Waals surface area contributed by atoms with Crippen LogP contribution in [0.15, 0.2) is 72.9 Å². The summed E-state index contributed by atoms with van der Waals surface area (Å²) in [6, 6.07) is 0. The van der Waals surface area contributed by atoms with Crippen LogP contribution in [0.3, 0.4) is 0 Å². The zero-order valence-corrected chi connectivity index (χ0v) is 54.1.